The first-order valence-electron chi connectivity index (χ1n) is 15.2. The number of pyridine rings is 1. The Hall–Kier alpha value is -4.15. The Morgan fingerprint density at radius 3 is 2.55 bits per heavy atom. The van der Waals surface area contributed by atoms with Crippen LogP contribution in [-0.4, -0.2) is 54.2 Å². The lowest BCUT2D eigenvalue weighted by molar-refractivity contribution is 0.0184. The van der Waals surface area contributed by atoms with Crippen LogP contribution in [0.3, 0.4) is 0 Å². The summed E-state index contributed by atoms with van der Waals surface area (Å²) in [6.07, 6.45) is 5.17. The van der Waals surface area contributed by atoms with E-state index in [4.69, 9.17) is 9.72 Å². The van der Waals surface area contributed by atoms with Gasteiger partial charge in [-0.3, -0.25) is 0 Å². The molecular weight excluding hydrogens is 564 g/mol. The van der Waals surface area contributed by atoms with Crippen molar-refractivity contribution in [2.75, 3.05) is 18.4 Å². The number of amides is 1. The third kappa shape index (κ3) is 5.96. The van der Waals surface area contributed by atoms with E-state index in [1.165, 1.54) is 6.07 Å². The molecule has 11 heteroatoms. The van der Waals surface area contributed by atoms with Gasteiger partial charge in [0.1, 0.15) is 28.5 Å². The van der Waals surface area contributed by atoms with Crippen molar-refractivity contribution in [1.29, 1.82) is 0 Å². The molecule has 0 aliphatic carbocycles. The molecule has 1 saturated heterocycles. The molecule has 9 nitrogen and oxygen atoms in total. The number of hydrogen-bond donors (Lipinski definition) is 1. The normalized spacial score (nSPS) is 16.8. The quantitative estimate of drug-likeness (QED) is 0.260. The van der Waals surface area contributed by atoms with Gasteiger partial charge < -0.3 is 19.5 Å². The van der Waals surface area contributed by atoms with Crippen LogP contribution in [0.25, 0.3) is 22.3 Å². The summed E-state index contributed by atoms with van der Waals surface area (Å²) in [4.78, 5) is 31.9. The number of likely N-dealkylation sites (tertiary alicyclic amines) is 1. The summed E-state index contributed by atoms with van der Waals surface area (Å²) < 4.78 is 37.8. The summed E-state index contributed by atoms with van der Waals surface area (Å²) in [5, 5.41) is 3.08. The number of anilines is 2. The number of nitrogens with zero attached hydrogens (tertiary/aromatic N) is 6. The second kappa shape index (κ2) is 11.1. The van der Waals surface area contributed by atoms with E-state index in [0.717, 1.165) is 55.4 Å². The lowest BCUT2D eigenvalue weighted by atomic mass is 9.90. The zero-order valence-electron chi connectivity index (χ0n) is 26.2. The highest BCUT2D eigenvalue weighted by atomic mass is 19.1. The molecule has 5 heterocycles. The fraction of sp³-hybridized carbons (Fsp3) is 0.485. The number of piperidine rings is 1. The van der Waals surface area contributed by atoms with Gasteiger partial charge in [0, 0.05) is 36.3 Å². The lowest BCUT2D eigenvalue weighted by Crippen LogP contribution is -2.42. The number of nitrogens with one attached hydrogen (secondary N) is 1. The highest BCUT2D eigenvalue weighted by molar-refractivity contribution is 5.83. The largest absolute Gasteiger partial charge is 0.444 e. The van der Waals surface area contributed by atoms with Crippen molar-refractivity contribution in [1.82, 2.24) is 29.4 Å². The SMILES string of the molecule is Cc1nc(Nc2ncc(F)c(-c3cc(F)c4nc5n(c4c3)C(C)(C)CC5)n2)ccc1CC1CCN(C(=O)OC(C)(C)C)CC1. The van der Waals surface area contributed by atoms with E-state index in [-0.39, 0.29) is 28.8 Å². The Bertz CT molecular complexity index is 1740. The van der Waals surface area contributed by atoms with Crippen LogP contribution in [0.15, 0.2) is 30.5 Å². The maximum absolute atomic E-state index is 15.2. The number of carbonyl (C=O) groups is 1. The number of aryl methyl sites for hydroxylation is 2. The molecule has 0 spiro atoms. The van der Waals surface area contributed by atoms with Crippen molar-refractivity contribution in [3.63, 3.8) is 0 Å². The maximum Gasteiger partial charge on any atom is 0.410 e. The second-order valence-electron chi connectivity index (χ2n) is 13.6. The molecule has 6 rings (SSSR count). The van der Waals surface area contributed by atoms with Crippen molar-refractivity contribution in [2.24, 2.45) is 5.92 Å². The van der Waals surface area contributed by atoms with Crippen LogP contribution in [0, 0.1) is 24.5 Å². The predicted molar refractivity (Wildman–Crippen MR) is 165 cm³/mol. The topological polar surface area (TPSA) is 98.1 Å². The van der Waals surface area contributed by atoms with Gasteiger partial charge in [-0.15, -0.1) is 0 Å². The number of imidazole rings is 1. The summed E-state index contributed by atoms with van der Waals surface area (Å²) in [5.41, 5.74) is 2.53. The smallest absolute Gasteiger partial charge is 0.410 e. The predicted octanol–water partition coefficient (Wildman–Crippen LogP) is 7.09. The van der Waals surface area contributed by atoms with Gasteiger partial charge in [0.25, 0.3) is 0 Å². The Morgan fingerprint density at radius 2 is 1.84 bits per heavy atom. The summed E-state index contributed by atoms with van der Waals surface area (Å²) >= 11 is 0. The van der Waals surface area contributed by atoms with Crippen LogP contribution >= 0.6 is 0 Å². The van der Waals surface area contributed by atoms with Crippen LogP contribution in [0.5, 0.6) is 0 Å². The van der Waals surface area contributed by atoms with Gasteiger partial charge in [-0.25, -0.2) is 33.5 Å². The number of hydrogen-bond acceptors (Lipinski definition) is 7. The Labute approximate surface area is 256 Å². The van der Waals surface area contributed by atoms with Gasteiger partial charge in [0.05, 0.1) is 11.7 Å². The minimum atomic E-state index is -0.646. The average molecular weight is 604 g/mol. The summed E-state index contributed by atoms with van der Waals surface area (Å²) in [6, 6.07) is 6.92. The molecule has 0 saturated carbocycles. The first kappa shape index (κ1) is 29.9. The van der Waals surface area contributed by atoms with Crippen molar-refractivity contribution in [3.05, 3.63) is 59.2 Å². The van der Waals surface area contributed by atoms with Crippen LogP contribution in [0.1, 0.15) is 71.0 Å². The van der Waals surface area contributed by atoms with Crippen LogP contribution in [-0.2, 0) is 23.1 Å². The van der Waals surface area contributed by atoms with Gasteiger partial charge in [-0.1, -0.05) is 6.07 Å². The van der Waals surface area contributed by atoms with Crippen LogP contribution in [0.2, 0.25) is 0 Å². The van der Waals surface area contributed by atoms with Gasteiger partial charge in [0.15, 0.2) is 11.6 Å². The highest BCUT2D eigenvalue weighted by Gasteiger charge is 2.33. The van der Waals surface area contributed by atoms with Crippen LogP contribution in [0.4, 0.5) is 25.3 Å². The van der Waals surface area contributed by atoms with E-state index in [9.17, 15) is 4.79 Å². The number of halogens is 2. The van der Waals surface area contributed by atoms with Gasteiger partial charge >= 0.3 is 6.09 Å². The monoisotopic (exact) mass is 603 g/mol. The molecule has 1 aromatic carbocycles. The van der Waals surface area contributed by atoms with Crippen molar-refractivity contribution in [3.8, 4) is 11.3 Å². The number of rotatable bonds is 5. The van der Waals surface area contributed by atoms with E-state index >= 15 is 8.78 Å². The van der Waals surface area contributed by atoms with E-state index in [1.807, 2.05) is 44.4 Å². The summed E-state index contributed by atoms with van der Waals surface area (Å²) in [5.74, 6) is 0.813. The van der Waals surface area contributed by atoms with Crippen molar-refractivity contribution in [2.45, 2.75) is 84.8 Å². The molecule has 3 aromatic heterocycles. The van der Waals surface area contributed by atoms with Gasteiger partial charge in [-0.05, 0) is 96.9 Å². The van der Waals surface area contributed by atoms with E-state index in [1.54, 1.807) is 11.0 Å². The molecule has 2 aliphatic rings. The first-order valence-corrected chi connectivity index (χ1v) is 15.2. The van der Waals surface area contributed by atoms with E-state index in [2.05, 4.69) is 34.1 Å². The molecule has 0 bridgehead atoms. The van der Waals surface area contributed by atoms with Gasteiger partial charge in [-0.2, -0.15) is 0 Å². The number of aromatic nitrogens is 5. The maximum atomic E-state index is 15.2. The average Bonchev–Trinajstić information content (AvgIpc) is 3.48. The molecule has 0 unspecified atom stereocenters. The molecular formula is C33H39F2N7O2. The van der Waals surface area contributed by atoms with Crippen molar-refractivity contribution < 1.29 is 18.3 Å². The Morgan fingerprint density at radius 1 is 1.09 bits per heavy atom. The van der Waals surface area contributed by atoms with Gasteiger partial charge in [0.2, 0.25) is 5.95 Å². The molecule has 2 aliphatic heterocycles. The van der Waals surface area contributed by atoms with E-state index < -0.39 is 17.2 Å². The Kier molecular flexibility index (Phi) is 7.53. The summed E-state index contributed by atoms with van der Waals surface area (Å²) in [6.45, 7) is 13.1. The summed E-state index contributed by atoms with van der Waals surface area (Å²) in [7, 11) is 0. The minimum Gasteiger partial charge on any atom is -0.444 e. The zero-order valence-corrected chi connectivity index (χ0v) is 26.2. The highest BCUT2D eigenvalue weighted by Crippen LogP contribution is 2.38. The molecule has 0 atom stereocenters. The number of fused-ring (bicyclic) bond motifs is 3. The molecule has 44 heavy (non-hydrogen) atoms. The molecule has 1 fully saturated rings. The third-order valence-corrected chi connectivity index (χ3v) is 8.58. The fourth-order valence-electron chi connectivity index (χ4n) is 6.27. The van der Waals surface area contributed by atoms with E-state index in [0.29, 0.717) is 35.9 Å². The fourth-order valence-corrected chi connectivity index (χ4v) is 6.27. The minimum absolute atomic E-state index is 0.000666. The second-order valence-corrected chi connectivity index (χ2v) is 13.6. The lowest BCUT2D eigenvalue weighted by Gasteiger charge is -2.33. The third-order valence-electron chi connectivity index (χ3n) is 8.58. The zero-order chi connectivity index (χ0) is 31.4. The molecule has 1 N–H and O–H groups in total. The number of benzene rings is 1. The first-order chi connectivity index (χ1) is 20.8. The molecule has 4 aromatic rings. The molecule has 1 amide bonds. The standard InChI is InChI=1S/C33H39F2N7O2/c1-19-21(15-20-10-13-41(14-11-20)31(43)44-32(2,3)4)7-8-26(37-19)38-30-36-18-24(35)28(40-30)22-16-23(34)29-25(17-22)42-27(39-29)9-12-33(42,5)6/h7-8,16-18,20H,9-15H2,1-6H3,(H,36,37,38,40). The van der Waals surface area contributed by atoms with Crippen LogP contribution < -0.4 is 5.32 Å². The Balaban J connectivity index is 1.16. The number of ether oxygens (including phenoxy) is 1. The molecule has 0 radical (unpaired) electrons. The number of carbonyl (C=O) groups excluding carboxylic acids is 1. The molecule has 232 valence electrons. The van der Waals surface area contributed by atoms with Crippen molar-refractivity contribution >= 4 is 28.9 Å².